The molecular formula is C15H12BrN. The zero-order valence-corrected chi connectivity index (χ0v) is 11.1. The van der Waals surface area contributed by atoms with Crippen LogP contribution in [0, 0.1) is 0 Å². The number of rotatable bonds is 1. The minimum absolute atomic E-state index is 1.12. The molecule has 3 aromatic rings. The van der Waals surface area contributed by atoms with E-state index in [4.69, 9.17) is 0 Å². The molecule has 0 aliphatic heterocycles. The summed E-state index contributed by atoms with van der Waals surface area (Å²) in [6, 6.07) is 19.1. The van der Waals surface area contributed by atoms with Crippen LogP contribution >= 0.6 is 15.9 Å². The molecule has 2 heteroatoms. The molecule has 0 saturated heterocycles. The summed E-state index contributed by atoms with van der Waals surface area (Å²) in [6.45, 7) is 0. The lowest BCUT2D eigenvalue weighted by Crippen LogP contribution is -1.90. The molecule has 0 spiro atoms. The lowest BCUT2D eigenvalue weighted by Gasteiger charge is -2.03. The van der Waals surface area contributed by atoms with Crippen molar-refractivity contribution >= 4 is 26.8 Å². The highest BCUT2D eigenvalue weighted by Gasteiger charge is 2.07. The molecule has 0 saturated carbocycles. The third-order valence-corrected chi connectivity index (χ3v) is 3.57. The number of fused-ring (bicyclic) bond motifs is 1. The maximum Gasteiger partial charge on any atom is 0.0488 e. The summed E-state index contributed by atoms with van der Waals surface area (Å²) in [5, 5.41) is 1.26. The van der Waals surface area contributed by atoms with Crippen LogP contribution in [0.4, 0.5) is 0 Å². The molecule has 1 aromatic heterocycles. The molecule has 1 heterocycles. The topological polar surface area (TPSA) is 4.93 Å². The molecule has 0 unspecified atom stereocenters. The van der Waals surface area contributed by atoms with E-state index in [1.54, 1.807) is 0 Å². The van der Waals surface area contributed by atoms with Crippen molar-refractivity contribution in [3.63, 3.8) is 0 Å². The number of aryl methyl sites for hydroxylation is 1. The SMILES string of the molecule is Cn1c(-c2ccccc2)cc2cc(Br)ccc21. The zero-order valence-electron chi connectivity index (χ0n) is 9.52. The first-order valence-corrected chi connectivity index (χ1v) is 6.35. The van der Waals surface area contributed by atoms with Crippen LogP contribution in [-0.4, -0.2) is 4.57 Å². The Morgan fingerprint density at radius 1 is 0.941 bits per heavy atom. The summed E-state index contributed by atoms with van der Waals surface area (Å²) < 4.78 is 3.35. The fourth-order valence-electron chi connectivity index (χ4n) is 2.21. The lowest BCUT2D eigenvalue weighted by molar-refractivity contribution is 0.978. The minimum atomic E-state index is 1.12. The van der Waals surface area contributed by atoms with Crippen LogP contribution in [0.15, 0.2) is 59.1 Å². The smallest absolute Gasteiger partial charge is 0.0488 e. The van der Waals surface area contributed by atoms with Gasteiger partial charge in [-0.2, -0.15) is 0 Å². The van der Waals surface area contributed by atoms with Crippen LogP contribution in [-0.2, 0) is 7.05 Å². The molecule has 84 valence electrons. The highest BCUT2D eigenvalue weighted by atomic mass is 79.9. The van der Waals surface area contributed by atoms with Crippen LogP contribution in [0.25, 0.3) is 22.2 Å². The van der Waals surface area contributed by atoms with Crippen molar-refractivity contribution in [3.05, 3.63) is 59.1 Å². The van der Waals surface area contributed by atoms with Gasteiger partial charge in [-0.3, -0.25) is 0 Å². The fourth-order valence-corrected chi connectivity index (χ4v) is 2.59. The molecule has 0 aliphatic carbocycles. The van der Waals surface area contributed by atoms with Crippen LogP contribution in [0.2, 0.25) is 0 Å². The Kier molecular flexibility index (Phi) is 2.52. The average molecular weight is 286 g/mol. The van der Waals surface area contributed by atoms with Crippen molar-refractivity contribution in [2.45, 2.75) is 0 Å². The van der Waals surface area contributed by atoms with Gasteiger partial charge in [-0.25, -0.2) is 0 Å². The Morgan fingerprint density at radius 2 is 1.71 bits per heavy atom. The number of nitrogens with zero attached hydrogens (tertiary/aromatic N) is 1. The van der Waals surface area contributed by atoms with Gasteiger partial charge < -0.3 is 4.57 Å². The summed E-state index contributed by atoms with van der Waals surface area (Å²) >= 11 is 3.51. The summed E-state index contributed by atoms with van der Waals surface area (Å²) in [4.78, 5) is 0. The normalized spacial score (nSPS) is 10.9. The van der Waals surface area contributed by atoms with Crippen LogP contribution in [0.1, 0.15) is 0 Å². The van der Waals surface area contributed by atoms with Gasteiger partial charge in [-0.05, 0) is 29.8 Å². The van der Waals surface area contributed by atoms with E-state index >= 15 is 0 Å². The largest absolute Gasteiger partial charge is 0.344 e. The number of aromatic nitrogens is 1. The van der Waals surface area contributed by atoms with Gasteiger partial charge in [-0.1, -0.05) is 46.3 Å². The van der Waals surface area contributed by atoms with Gasteiger partial charge in [0, 0.05) is 28.1 Å². The number of hydrogen-bond acceptors (Lipinski definition) is 0. The first kappa shape index (κ1) is 10.6. The van der Waals surface area contributed by atoms with E-state index < -0.39 is 0 Å². The van der Waals surface area contributed by atoms with Crippen molar-refractivity contribution in [3.8, 4) is 11.3 Å². The molecule has 2 aromatic carbocycles. The van der Waals surface area contributed by atoms with Crippen molar-refractivity contribution in [2.75, 3.05) is 0 Å². The maximum absolute atomic E-state index is 3.51. The summed E-state index contributed by atoms with van der Waals surface area (Å²) in [5.41, 5.74) is 3.76. The van der Waals surface area contributed by atoms with Gasteiger partial charge in [-0.15, -0.1) is 0 Å². The predicted octanol–water partition coefficient (Wildman–Crippen LogP) is 4.61. The molecule has 17 heavy (non-hydrogen) atoms. The maximum atomic E-state index is 3.51. The summed E-state index contributed by atoms with van der Waals surface area (Å²) in [6.07, 6.45) is 0. The molecule has 0 fully saturated rings. The summed E-state index contributed by atoms with van der Waals surface area (Å²) in [5.74, 6) is 0. The molecular weight excluding hydrogens is 274 g/mol. The van der Waals surface area contributed by atoms with Gasteiger partial charge in [0.1, 0.15) is 0 Å². The van der Waals surface area contributed by atoms with E-state index in [0.29, 0.717) is 0 Å². The van der Waals surface area contributed by atoms with Crippen molar-refractivity contribution in [1.82, 2.24) is 4.57 Å². The Morgan fingerprint density at radius 3 is 2.47 bits per heavy atom. The highest BCUT2D eigenvalue weighted by molar-refractivity contribution is 9.10. The van der Waals surface area contributed by atoms with Crippen LogP contribution in [0.5, 0.6) is 0 Å². The van der Waals surface area contributed by atoms with Crippen LogP contribution in [0.3, 0.4) is 0 Å². The monoisotopic (exact) mass is 285 g/mol. The third-order valence-electron chi connectivity index (χ3n) is 3.07. The van der Waals surface area contributed by atoms with Gasteiger partial charge in [0.2, 0.25) is 0 Å². The fraction of sp³-hybridized carbons (Fsp3) is 0.0667. The van der Waals surface area contributed by atoms with Crippen molar-refractivity contribution in [2.24, 2.45) is 7.05 Å². The van der Waals surface area contributed by atoms with E-state index in [-0.39, 0.29) is 0 Å². The Hall–Kier alpha value is -1.54. The molecule has 0 radical (unpaired) electrons. The van der Waals surface area contributed by atoms with Crippen LogP contribution < -0.4 is 0 Å². The molecule has 0 amide bonds. The Bertz CT molecular complexity index is 668. The Labute approximate surface area is 109 Å². The molecule has 1 nitrogen and oxygen atoms in total. The van der Waals surface area contributed by atoms with Gasteiger partial charge in [0.25, 0.3) is 0 Å². The van der Waals surface area contributed by atoms with E-state index in [2.05, 4.69) is 76.1 Å². The average Bonchev–Trinajstić information content (AvgIpc) is 2.67. The predicted molar refractivity (Wildman–Crippen MR) is 76.1 cm³/mol. The van der Waals surface area contributed by atoms with Crippen molar-refractivity contribution < 1.29 is 0 Å². The van der Waals surface area contributed by atoms with Crippen molar-refractivity contribution in [1.29, 1.82) is 0 Å². The molecule has 0 bridgehead atoms. The first-order valence-electron chi connectivity index (χ1n) is 5.56. The van der Waals surface area contributed by atoms with E-state index in [1.807, 2.05) is 6.07 Å². The minimum Gasteiger partial charge on any atom is -0.344 e. The second-order valence-corrected chi connectivity index (χ2v) is 5.07. The highest BCUT2D eigenvalue weighted by Crippen LogP contribution is 2.28. The number of hydrogen-bond donors (Lipinski definition) is 0. The Balaban J connectivity index is 2.28. The lowest BCUT2D eigenvalue weighted by atomic mass is 10.1. The van der Waals surface area contributed by atoms with E-state index in [9.17, 15) is 0 Å². The van der Waals surface area contributed by atoms with E-state index in [1.165, 1.54) is 22.2 Å². The molecule has 3 rings (SSSR count). The van der Waals surface area contributed by atoms with E-state index in [0.717, 1.165) is 4.47 Å². The van der Waals surface area contributed by atoms with Gasteiger partial charge in [0.15, 0.2) is 0 Å². The quantitative estimate of drug-likeness (QED) is 0.615. The first-order chi connectivity index (χ1) is 8.25. The second-order valence-electron chi connectivity index (χ2n) is 4.16. The molecule has 0 atom stereocenters. The second kappa shape index (κ2) is 4.04. The number of benzene rings is 2. The number of halogens is 1. The standard InChI is InChI=1S/C15H12BrN/c1-17-14-8-7-13(16)9-12(14)10-15(17)11-5-3-2-4-6-11/h2-10H,1H3. The third kappa shape index (κ3) is 1.79. The molecule has 0 N–H and O–H groups in total. The van der Waals surface area contributed by atoms with Gasteiger partial charge >= 0.3 is 0 Å². The molecule has 0 aliphatic rings. The summed E-state index contributed by atoms with van der Waals surface area (Å²) in [7, 11) is 2.11. The zero-order chi connectivity index (χ0) is 11.8. The van der Waals surface area contributed by atoms with Gasteiger partial charge in [0.05, 0.1) is 0 Å².